The molecule has 0 atom stereocenters. The van der Waals surface area contributed by atoms with Gasteiger partial charge in [-0.05, 0) is 6.92 Å². The Hall–Kier alpha value is -1.25. The number of rotatable bonds is 1. The Morgan fingerprint density at radius 3 is 2.64 bits per heavy atom. The predicted octanol–water partition coefficient (Wildman–Crippen LogP) is 0.735. The van der Waals surface area contributed by atoms with E-state index >= 15 is 0 Å². The summed E-state index contributed by atoms with van der Waals surface area (Å²) in [4.78, 5) is 11.0. The highest BCUT2D eigenvalue weighted by molar-refractivity contribution is 5.36. The molecule has 0 bridgehead atoms. The molecule has 0 aliphatic carbocycles. The number of hydrogen-bond donors (Lipinski definition) is 1. The number of anilines is 1. The van der Waals surface area contributed by atoms with Crippen molar-refractivity contribution in [3.63, 3.8) is 0 Å². The van der Waals surface area contributed by atoms with Gasteiger partial charge in [0.15, 0.2) is 5.43 Å². The lowest BCUT2D eigenvalue weighted by atomic mass is 10.3. The fourth-order valence-corrected chi connectivity index (χ4v) is 1.01. The van der Waals surface area contributed by atoms with Gasteiger partial charge in [-0.2, -0.15) is 0 Å². The Labute approximate surface area is 65.7 Å². The molecule has 60 valence electrons. The highest BCUT2D eigenvalue weighted by Crippen LogP contribution is 2.03. The van der Waals surface area contributed by atoms with E-state index in [4.69, 9.17) is 0 Å². The highest BCUT2D eigenvalue weighted by atomic mass is 16.1. The summed E-state index contributed by atoms with van der Waals surface area (Å²) >= 11 is 0. The SMILES string of the molecule is CNc1cc(=O)cc(C)n1C. The maximum Gasteiger partial charge on any atom is 0.183 e. The van der Waals surface area contributed by atoms with Crippen LogP contribution in [-0.2, 0) is 7.05 Å². The lowest BCUT2D eigenvalue weighted by Gasteiger charge is -2.09. The van der Waals surface area contributed by atoms with Gasteiger partial charge in [0.25, 0.3) is 0 Å². The molecule has 0 aliphatic rings. The number of hydrogen-bond acceptors (Lipinski definition) is 2. The van der Waals surface area contributed by atoms with Crippen molar-refractivity contribution < 1.29 is 0 Å². The minimum absolute atomic E-state index is 0.0463. The maximum atomic E-state index is 11.0. The first-order chi connectivity index (χ1) is 5.15. The third-order valence-corrected chi connectivity index (χ3v) is 1.78. The van der Waals surface area contributed by atoms with Crippen LogP contribution in [0.25, 0.3) is 0 Å². The van der Waals surface area contributed by atoms with Gasteiger partial charge in [0.2, 0.25) is 0 Å². The van der Waals surface area contributed by atoms with Crippen LogP contribution in [0.5, 0.6) is 0 Å². The van der Waals surface area contributed by atoms with Gasteiger partial charge < -0.3 is 9.88 Å². The van der Waals surface area contributed by atoms with Gasteiger partial charge in [-0.15, -0.1) is 0 Å². The number of aryl methyl sites for hydroxylation is 1. The summed E-state index contributed by atoms with van der Waals surface area (Å²) in [6.45, 7) is 1.90. The van der Waals surface area contributed by atoms with E-state index in [0.29, 0.717) is 0 Å². The molecule has 1 rings (SSSR count). The Kier molecular flexibility index (Phi) is 1.98. The summed E-state index contributed by atoms with van der Waals surface area (Å²) in [7, 11) is 3.72. The van der Waals surface area contributed by atoms with Crippen LogP contribution in [0.15, 0.2) is 16.9 Å². The maximum absolute atomic E-state index is 11.0. The summed E-state index contributed by atoms with van der Waals surface area (Å²) in [6.07, 6.45) is 0. The van der Waals surface area contributed by atoms with Gasteiger partial charge in [-0.3, -0.25) is 4.79 Å². The monoisotopic (exact) mass is 152 g/mol. The van der Waals surface area contributed by atoms with Gasteiger partial charge in [0.1, 0.15) is 5.82 Å². The molecule has 0 spiro atoms. The minimum atomic E-state index is 0.0463. The second-order valence-electron chi connectivity index (χ2n) is 2.53. The summed E-state index contributed by atoms with van der Waals surface area (Å²) in [5.41, 5.74) is 1.01. The molecule has 11 heavy (non-hydrogen) atoms. The summed E-state index contributed by atoms with van der Waals surface area (Å²) in [6, 6.07) is 3.19. The summed E-state index contributed by atoms with van der Waals surface area (Å²) in [5, 5.41) is 2.94. The Morgan fingerprint density at radius 1 is 1.45 bits per heavy atom. The van der Waals surface area contributed by atoms with Crippen molar-refractivity contribution in [1.82, 2.24) is 4.57 Å². The van der Waals surface area contributed by atoms with E-state index in [1.807, 2.05) is 18.5 Å². The van der Waals surface area contributed by atoms with Crippen LogP contribution in [0.3, 0.4) is 0 Å². The summed E-state index contributed by atoms with van der Waals surface area (Å²) < 4.78 is 1.93. The van der Waals surface area contributed by atoms with E-state index in [9.17, 15) is 4.79 Å². The second kappa shape index (κ2) is 2.78. The zero-order valence-electron chi connectivity index (χ0n) is 7.01. The van der Waals surface area contributed by atoms with Crippen LogP contribution in [0.2, 0.25) is 0 Å². The third kappa shape index (κ3) is 1.42. The number of nitrogens with one attached hydrogen (secondary N) is 1. The van der Waals surface area contributed by atoms with Gasteiger partial charge in [0.05, 0.1) is 0 Å². The first-order valence-corrected chi connectivity index (χ1v) is 3.50. The third-order valence-electron chi connectivity index (χ3n) is 1.78. The Morgan fingerprint density at radius 2 is 2.09 bits per heavy atom. The average molecular weight is 152 g/mol. The fraction of sp³-hybridized carbons (Fsp3) is 0.375. The van der Waals surface area contributed by atoms with Crippen molar-refractivity contribution >= 4 is 5.82 Å². The fourth-order valence-electron chi connectivity index (χ4n) is 1.01. The molecule has 0 radical (unpaired) electrons. The molecule has 0 saturated carbocycles. The molecule has 3 heteroatoms. The van der Waals surface area contributed by atoms with Crippen molar-refractivity contribution in [2.75, 3.05) is 12.4 Å². The first-order valence-electron chi connectivity index (χ1n) is 3.50. The minimum Gasteiger partial charge on any atom is -0.374 e. The predicted molar refractivity (Wildman–Crippen MR) is 46.0 cm³/mol. The van der Waals surface area contributed by atoms with Gasteiger partial charge in [-0.25, -0.2) is 0 Å². The van der Waals surface area contributed by atoms with Crippen molar-refractivity contribution in [2.45, 2.75) is 6.92 Å². The Balaban J connectivity index is 3.36. The van der Waals surface area contributed by atoms with Gasteiger partial charge in [0, 0.05) is 31.9 Å². The van der Waals surface area contributed by atoms with Crippen molar-refractivity contribution in [2.24, 2.45) is 7.05 Å². The van der Waals surface area contributed by atoms with E-state index < -0.39 is 0 Å². The zero-order chi connectivity index (χ0) is 8.43. The van der Waals surface area contributed by atoms with Gasteiger partial charge >= 0.3 is 0 Å². The van der Waals surface area contributed by atoms with Crippen molar-refractivity contribution in [3.8, 4) is 0 Å². The normalized spacial score (nSPS) is 9.73. The molecule has 0 unspecified atom stereocenters. The standard InChI is InChI=1S/C8H12N2O/c1-6-4-7(11)5-8(9-2)10(6)3/h4-5,9H,1-3H3. The molecule has 0 aliphatic heterocycles. The molecular weight excluding hydrogens is 140 g/mol. The number of nitrogens with zero attached hydrogens (tertiary/aromatic N) is 1. The van der Waals surface area contributed by atoms with E-state index in [-0.39, 0.29) is 5.43 Å². The van der Waals surface area contributed by atoms with Crippen LogP contribution in [0, 0.1) is 6.92 Å². The van der Waals surface area contributed by atoms with Gasteiger partial charge in [-0.1, -0.05) is 0 Å². The van der Waals surface area contributed by atoms with E-state index in [1.165, 1.54) is 0 Å². The lowest BCUT2D eigenvalue weighted by Crippen LogP contribution is -2.11. The molecule has 0 aromatic carbocycles. The smallest absolute Gasteiger partial charge is 0.183 e. The van der Waals surface area contributed by atoms with E-state index in [1.54, 1.807) is 19.2 Å². The van der Waals surface area contributed by atoms with Crippen LogP contribution in [-0.4, -0.2) is 11.6 Å². The largest absolute Gasteiger partial charge is 0.374 e. The van der Waals surface area contributed by atoms with Crippen LogP contribution in [0.1, 0.15) is 5.69 Å². The van der Waals surface area contributed by atoms with E-state index in [2.05, 4.69) is 5.32 Å². The average Bonchev–Trinajstić information content (AvgIpc) is 1.96. The first kappa shape index (κ1) is 7.85. The van der Waals surface area contributed by atoms with Crippen LogP contribution < -0.4 is 10.7 Å². The highest BCUT2D eigenvalue weighted by Gasteiger charge is 1.97. The number of aromatic nitrogens is 1. The number of pyridine rings is 1. The molecule has 1 aromatic heterocycles. The molecule has 3 nitrogen and oxygen atoms in total. The van der Waals surface area contributed by atoms with Crippen molar-refractivity contribution in [3.05, 3.63) is 28.0 Å². The second-order valence-corrected chi connectivity index (χ2v) is 2.53. The van der Waals surface area contributed by atoms with Crippen molar-refractivity contribution in [1.29, 1.82) is 0 Å². The zero-order valence-corrected chi connectivity index (χ0v) is 7.01. The quantitative estimate of drug-likeness (QED) is 0.644. The molecule has 1 aromatic rings. The molecular formula is C8H12N2O. The van der Waals surface area contributed by atoms with Crippen LogP contribution in [0.4, 0.5) is 5.82 Å². The molecule has 0 saturated heterocycles. The molecule has 1 N–H and O–H groups in total. The summed E-state index contributed by atoms with van der Waals surface area (Å²) in [5.74, 6) is 0.843. The molecule has 0 fully saturated rings. The topological polar surface area (TPSA) is 34.0 Å². The Bertz CT molecular complexity index is 314. The lowest BCUT2D eigenvalue weighted by molar-refractivity contribution is 0.860. The van der Waals surface area contributed by atoms with E-state index in [0.717, 1.165) is 11.5 Å². The molecule has 1 heterocycles. The molecule has 0 amide bonds. The van der Waals surface area contributed by atoms with Crippen LogP contribution >= 0.6 is 0 Å².